The van der Waals surface area contributed by atoms with Crippen LogP contribution < -0.4 is 4.74 Å². The Labute approximate surface area is 144 Å². The van der Waals surface area contributed by atoms with E-state index in [9.17, 15) is 0 Å². The Bertz CT molecular complexity index is 962. The minimum Gasteiger partial charge on any atom is -0.494 e. The molecule has 0 radical (unpaired) electrons. The number of ether oxygens (including phenoxy) is 1. The van der Waals surface area contributed by atoms with Crippen LogP contribution in [0.5, 0.6) is 5.75 Å². The molecular weight excluding hydrogens is 316 g/mol. The molecule has 126 valence electrons. The van der Waals surface area contributed by atoms with E-state index >= 15 is 0 Å². The molecule has 0 fully saturated rings. The van der Waals surface area contributed by atoms with Gasteiger partial charge < -0.3 is 9.26 Å². The lowest BCUT2D eigenvalue weighted by molar-refractivity contribution is 0.280. The molecule has 2 aromatic heterocycles. The Kier molecular flexibility index (Phi) is 4.16. The molecule has 1 N–H and O–H groups in total. The summed E-state index contributed by atoms with van der Waals surface area (Å²) in [5, 5.41) is 12.4. The smallest absolute Gasteiger partial charge is 0.229 e. The lowest BCUT2D eigenvalue weighted by atomic mass is 10.1. The fourth-order valence-corrected chi connectivity index (χ4v) is 2.66. The second kappa shape index (κ2) is 6.76. The third-order valence-electron chi connectivity index (χ3n) is 4.11. The standard InChI is InChI=1S/C19H18N4O2/c1-13(11-12-24-14-7-3-2-4-8-14)19-20-18(23-25-19)17-15-9-5-6-10-16(15)21-22-17/h2-10,13H,11-12H2,1H3,(H,21,22). The first-order valence-corrected chi connectivity index (χ1v) is 8.26. The van der Waals surface area contributed by atoms with Crippen molar-refractivity contribution in [3.05, 3.63) is 60.5 Å². The minimum atomic E-state index is 0.107. The monoisotopic (exact) mass is 334 g/mol. The Balaban J connectivity index is 1.44. The number of fused-ring (bicyclic) bond motifs is 1. The van der Waals surface area contributed by atoms with E-state index in [0.29, 0.717) is 24.0 Å². The number of H-pyrrole nitrogens is 1. The first-order valence-electron chi connectivity index (χ1n) is 8.26. The van der Waals surface area contributed by atoms with Crippen LogP contribution in [-0.4, -0.2) is 26.9 Å². The molecule has 0 saturated carbocycles. The van der Waals surface area contributed by atoms with E-state index in [-0.39, 0.29) is 5.92 Å². The van der Waals surface area contributed by atoms with Gasteiger partial charge in [-0.25, -0.2) is 0 Å². The highest BCUT2D eigenvalue weighted by atomic mass is 16.5. The van der Waals surface area contributed by atoms with Gasteiger partial charge in [0.1, 0.15) is 11.4 Å². The average molecular weight is 334 g/mol. The molecule has 0 saturated heterocycles. The number of aromatic nitrogens is 4. The van der Waals surface area contributed by atoms with E-state index in [2.05, 4.69) is 20.3 Å². The topological polar surface area (TPSA) is 76.8 Å². The van der Waals surface area contributed by atoms with E-state index in [1.165, 1.54) is 0 Å². The van der Waals surface area contributed by atoms with E-state index in [1.807, 2.05) is 61.5 Å². The van der Waals surface area contributed by atoms with Crippen LogP contribution in [0.15, 0.2) is 59.1 Å². The van der Waals surface area contributed by atoms with Crippen molar-refractivity contribution in [2.45, 2.75) is 19.3 Å². The molecular formula is C19H18N4O2. The summed E-state index contributed by atoms with van der Waals surface area (Å²) < 4.78 is 11.2. The normalized spacial score (nSPS) is 12.4. The molecule has 6 heteroatoms. The number of hydrogen-bond donors (Lipinski definition) is 1. The molecule has 2 heterocycles. The summed E-state index contributed by atoms with van der Waals surface area (Å²) in [6.45, 7) is 2.64. The van der Waals surface area contributed by atoms with Crippen LogP contribution in [0.1, 0.15) is 25.2 Å². The highest BCUT2D eigenvalue weighted by Gasteiger charge is 2.18. The van der Waals surface area contributed by atoms with Crippen LogP contribution in [0.4, 0.5) is 0 Å². The minimum absolute atomic E-state index is 0.107. The summed E-state index contributed by atoms with van der Waals surface area (Å²) in [5.74, 6) is 2.07. The molecule has 4 aromatic rings. The maximum Gasteiger partial charge on any atom is 0.229 e. The summed E-state index contributed by atoms with van der Waals surface area (Å²) in [5.41, 5.74) is 1.66. The van der Waals surface area contributed by atoms with Crippen molar-refractivity contribution in [1.29, 1.82) is 0 Å². The largest absolute Gasteiger partial charge is 0.494 e. The van der Waals surface area contributed by atoms with Crippen molar-refractivity contribution < 1.29 is 9.26 Å². The van der Waals surface area contributed by atoms with Crippen LogP contribution in [0.2, 0.25) is 0 Å². The van der Waals surface area contributed by atoms with Crippen LogP contribution >= 0.6 is 0 Å². The van der Waals surface area contributed by atoms with Crippen LogP contribution in [0.25, 0.3) is 22.4 Å². The number of hydrogen-bond acceptors (Lipinski definition) is 5. The van der Waals surface area contributed by atoms with Crippen LogP contribution in [0.3, 0.4) is 0 Å². The average Bonchev–Trinajstić information content (AvgIpc) is 3.29. The van der Waals surface area contributed by atoms with Gasteiger partial charge in [-0.2, -0.15) is 10.1 Å². The van der Waals surface area contributed by atoms with Gasteiger partial charge >= 0.3 is 0 Å². The molecule has 0 aliphatic heterocycles. The Morgan fingerprint density at radius 1 is 1.08 bits per heavy atom. The number of para-hydroxylation sites is 2. The molecule has 1 unspecified atom stereocenters. The van der Waals surface area contributed by atoms with Crippen molar-refractivity contribution >= 4 is 10.9 Å². The maximum absolute atomic E-state index is 5.73. The van der Waals surface area contributed by atoms with Gasteiger partial charge in [-0.1, -0.05) is 48.5 Å². The van der Waals surface area contributed by atoms with E-state index in [4.69, 9.17) is 9.26 Å². The molecule has 2 aromatic carbocycles. The number of aromatic amines is 1. The summed E-state index contributed by atoms with van der Waals surface area (Å²) in [6.07, 6.45) is 0.790. The van der Waals surface area contributed by atoms with Crippen molar-refractivity contribution in [3.63, 3.8) is 0 Å². The first-order chi connectivity index (χ1) is 12.3. The van der Waals surface area contributed by atoms with Gasteiger partial charge in [0, 0.05) is 11.3 Å². The van der Waals surface area contributed by atoms with Gasteiger partial charge in [0.25, 0.3) is 0 Å². The van der Waals surface area contributed by atoms with Crippen molar-refractivity contribution in [2.75, 3.05) is 6.61 Å². The highest BCUT2D eigenvalue weighted by Crippen LogP contribution is 2.26. The second-order valence-corrected chi connectivity index (χ2v) is 5.93. The molecule has 4 rings (SSSR count). The SMILES string of the molecule is CC(CCOc1ccccc1)c1nc(-c2n[nH]c3ccccc23)no1. The summed E-state index contributed by atoms with van der Waals surface area (Å²) in [4.78, 5) is 4.51. The maximum atomic E-state index is 5.73. The summed E-state index contributed by atoms with van der Waals surface area (Å²) in [6, 6.07) is 17.6. The zero-order valence-corrected chi connectivity index (χ0v) is 13.8. The summed E-state index contributed by atoms with van der Waals surface area (Å²) >= 11 is 0. The van der Waals surface area contributed by atoms with Gasteiger partial charge in [-0.3, -0.25) is 5.10 Å². The quantitative estimate of drug-likeness (QED) is 0.572. The molecule has 0 aliphatic rings. The molecule has 0 bridgehead atoms. The van der Waals surface area contributed by atoms with Crippen LogP contribution in [0, 0.1) is 0 Å². The highest BCUT2D eigenvalue weighted by molar-refractivity contribution is 5.90. The van der Waals surface area contributed by atoms with Crippen molar-refractivity contribution in [2.24, 2.45) is 0 Å². The van der Waals surface area contributed by atoms with Gasteiger partial charge in [0.2, 0.25) is 11.7 Å². The Hall–Kier alpha value is -3.15. The molecule has 0 spiro atoms. The Morgan fingerprint density at radius 2 is 1.88 bits per heavy atom. The van der Waals surface area contributed by atoms with Gasteiger partial charge in [0.15, 0.2) is 0 Å². The predicted octanol–water partition coefficient (Wildman–Crippen LogP) is 4.19. The summed E-state index contributed by atoms with van der Waals surface area (Å²) in [7, 11) is 0. The van der Waals surface area contributed by atoms with Gasteiger partial charge in [-0.05, 0) is 24.6 Å². The molecule has 25 heavy (non-hydrogen) atoms. The second-order valence-electron chi connectivity index (χ2n) is 5.93. The third-order valence-corrected chi connectivity index (χ3v) is 4.11. The lowest BCUT2D eigenvalue weighted by Crippen LogP contribution is -2.03. The molecule has 6 nitrogen and oxygen atoms in total. The number of nitrogens with zero attached hydrogens (tertiary/aromatic N) is 3. The zero-order chi connectivity index (χ0) is 17.1. The van der Waals surface area contributed by atoms with Crippen molar-refractivity contribution in [3.8, 4) is 17.3 Å². The van der Waals surface area contributed by atoms with E-state index < -0.39 is 0 Å². The fraction of sp³-hybridized carbons (Fsp3) is 0.211. The van der Waals surface area contributed by atoms with E-state index in [1.54, 1.807) is 0 Å². The molecule has 0 amide bonds. The third kappa shape index (κ3) is 3.24. The van der Waals surface area contributed by atoms with Gasteiger partial charge in [0.05, 0.1) is 12.1 Å². The Morgan fingerprint density at radius 3 is 2.76 bits per heavy atom. The van der Waals surface area contributed by atoms with Gasteiger partial charge in [-0.15, -0.1) is 0 Å². The van der Waals surface area contributed by atoms with E-state index in [0.717, 1.165) is 23.1 Å². The zero-order valence-electron chi connectivity index (χ0n) is 13.8. The fourth-order valence-electron chi connectivity index (χ4n) is 2.66. The number of benzene rings is 2. The van der Waals surface area contributed by atoms with Crippen LogP contribution in [-0.2, 0) is 0 Å². The number of rotatable bonds is 6. The predicted molar refractivity (Wildman–Crippen MR) is 94.4 cm³/mol. The first kappa shape index (κ1) is 15.4. The lowest BCUT2D eigenvalue weighted by Gasteiger charge is -2.08. The van der Waals surface area contributed by atoms with Crippen molar-refractivity contribution in [1.82, 2.24) is 20.3 Å². The molecule has 1 atom stereocenters. The molecule has 0 aliphatic carbocycles. The number of nitrogens with one attached hydrogen (secondary N) is 1.